The van der Waals surface area contributed by atoms with Gasteiger partial charge in [-0.05, 0) is 28.1 Å². The summed E-state index contributed by atoms with van der Waals surface area (Å²) < 4.78 is 0.807. The molecule has 2 aromatic rings. The van der Waals surface area contributed by atoms with Crippen molar-refractivity contribution in [3.8, 4) is 10.6 Å². The van der Waals surface area contributed by atoms with Gasteiger partial charge in [0.1, 0.15) is 15.1 Å². The molecule has 3 nitrogen and oxygen atoms in total. The molecule has 0 aliphatic rings. The molecule has 0 atom stereocenters. The molecular formula is C7H4BrN3S. The van der Waals surface area contributed by atoms with Crippen LogP contribution in [0, 0.1) is 0 Å². The van der Waals surface area contributed by atoms with Crippen molar-refractivity contribution in [2.24, 2.45) is 0 Å². The molecule has 0 unspecified atom stereocenters. The SMILES string of the molecule is Brc1ncccc1-c1nncs1. The van der Waals surface area contributed by atoms with Gasteiger partial charge in [0.25, 0.3) is 0 Å². The highest BCUT2D eigenvalue weighted by Crippen LogP contribution is 2.26. The first-order chi connectivity index (χ1) is 5.88. The average molecular weight is 242 g/mol. The number of hydrogen-bond acceptors (Lipinski definition) is 4. The highest BCUT2D eigenvalue weighted by molar-refractivity contribution is 9.10. The molecular weight excluding hydrogens is 238 g/mol. The van der Waals surface area contributed by atoms with Crippen LogP contribution in [0.1, 0.15) is 0 Å². The Balaban J connectivity index is 2.55. The van der Waals surface area contributed by atoms with Crippen LogP contribution in [0.4, 0.5) is 0 Å². The van der Waals surface area contributed by atoms with Gasteiger partial charge in [0, 0.05) is 11.8 Å². The Kier molecular flexibility index (Phi) is 2.14. The summed E-state index contributed by atoms with van der Waals surface area (Å²) in [6, 6.07) is 3.83. The van der Waals surface area contributed by atoms with E-state index in [4.69, 9.17) is 0 Å². The maximum atomic E-state index is 4.09. The van der Waals surface area contributed by atoms with Gasteiger partial charge >= 0.3 is 0 Å². The molecule has 0 saturated heterocycles. The van der Waals surface area contributed by atoms with Crippen LogP contribution in [0.5, 0.6) is 0 Å². The lowest BCUT2D eigenvalue weighted by Gasteiger charge is -1.95. The van der Waals surface area contributed by atoms with Crippen LogP contribution in [0.25, 0.3) is 10.6 Å². The van der Waals surface area contributed by atoms with E-state index in [9.17, 15) is 0 Å². The first-order valence-electron chi connectivity index (χ1n) is 3.25. The van der Waals surface area contributed by atoms with Crippen molar-refractivity contribution in [1.82, 2.24) is 15.2 Å². The summed E-state index contributed by atoms with van der Waals surface area (Å²) in [6.07, 6.45) is 1.73. The Morgan fingerprint density at radius 1 is 1.42 bits per heavy atom. The van der Waals surface area contributed by atoms with Crippen molar-refractivity contribution in [3.63, 3.8) is 0 Å². The van der Waals surface area contributed by atoms with E-state index in [2.05, 4.69) is 31.1 Å². The normalized spacial score (nSPS) is 10.1. The smallest absolute Gasteiger partial charge is 0.150 e. The van der Waals surface area contributed by atoms with Gasteiger partial charge in [-0.2, -0.15) is 0 Å². The highest BCUT2D eigenvalue weighted by atomic mass is 79.9. The molecule has 2 rings (SSSR count). The number of pyridine rings is 1. The lowest BCUT2D eigenvalue weighted by atomic mass is 10.3. The zero-order valence-corrected chi connectivity index (χ0v) is 8.34. The molecule has 2 aromatic heterocycles. The van der Waals surface area contributed by atoms with Gasteiger partial charge in [0.15, 0.2) is 0 Å². The summed E-state index contributed by atoms with van der Waals surface area (Å²) in [6.45, 7) is 0. The van der Waals surface area contributed by atoms with Crippen LogP contribution < -0.4 is 0 Å². The molecule has 0 N–H and O–H groups in total. The quantitative estimate of drug-likeness (QED) is 0.720. The van der Waals surface area contributed by atoms with Crippen molar-refractivity contribution in [2.45, 2.75) is 0 Å². The first kappa shape index (κ1) is 7.82. The van der Waals surface area contributed by atoms with Crippen molar-refractivity contribution >= 4 is 27.3 Å². The topological polar surface area (TPSA) is 38.7 Å². The summed E-state index contributed by atoms with van der Waals surface area (Å²) in [7, 11) is 0. The van der Waals surface area contributed by atoms with Crippen molar-refractivity contribution in [1.29, 1.82) is 0 Å². The fourth-order valence-corrected chi connectivity index (χ4v) is 1.99. The minimum atomic E-state index is 0.807. The van der Waals surface area contributed by atoms with Gasteiger partial charge in [-0.1, -0.05) is 11.3 Å². The zero-order chi connectivity index (χ0) is 8.39. The van der Waals surface area contributed by atoms with E-state index in [1.165, 1.54) is 11.3 Å². The Morgan fingerprint density at radius 2 is 2.33 bits per heavy atom. The molecule has 0 saturated carbocycles. The van der Waals surface area contributed by atoms with E-state index < -0.39 is 0 Å². The first-order valence-corrected chi connectivity index (χ1v) is 4.92. The van der Waals surface area contributed by atoms with E-state index >= 15 is 0 Å². The van der Waals surface area contributed by atoms with E-state index in [0.717, 1.165) is 15.2 Å². The van der Waals surface area contributed by atoms with E-state index in [1.807, 2.05) is 12.1 Å². The van der Waals surface area contributed by atoms with Crippen LogP contribution >= 0.6 is 27.3 Å². The van der Waals surface area contributed by atoms with Crippen molar-refractivity contribution in [3.05, 3.63) is 28.4 Å². The van der Waals surface area contributed by atoms with E-state index in [0.29, 0.717) is 0 Å². The molecule has 0 aliphatic heterocycles. The van der Waals surface area contributed by atoms with Crippen molar-refractivity contribution in [2.75, 3.05) is 0 Å². The minimum Gasteiger partial charge on any atom is -0.249 e. The lowest BCUT2D eigenvalue weighted by molar-refractivity contribution is 1.09. The van der Waals surface area contributed by atoms with Gasteiger partial charge < -0.3 is 0 Å². The molecule has 5 heteroatoms. The summed E-state index contributed by atoms with van der Waals surface area (Å²) in [5, 5.41) is 8.59. The van der Waals surface area contributed by atoms with Gasteiger partial charge in [-0.3, -0.25) is 0 Å². The van der Waals surface area contributed by atoms with Crippen LogP contribution in [-0.4, -0.2) is 15.2 Å². The van der Waals surface area contributed by atoms with Crippen molar-refractivity contribution < 1.29 is 0 Å². The molecule has 0 amide bonds. The molecule has 0 aromatic carbocycles. The standard InChI is InChI=1S/C7H4BrN3S/c8-6-5(2-1-3-9-6)7-11-10-4-12-7/h1-4H. The minimum absolute atomic E-state index is 0.807. The third-order valence-electron chi connectivity index (χ3n) is 1.35. The fourth-order valence-electron chi connectivity index (χ4n) is 0.836. The fraction of sp³-hybridized carbons (Fsp3) is 0. The number of halogens is 1. The van der Waals surface area contributed by atoms with Crippen LogP contribution in [0.2, 0.25) is 0 Å². The molecule has 12 heavy (non-hydrogen) atoms. The zero-order valence-electron chi connectivity index (χ0n) is 5.94. The second kappa shape index (κ2) is 3.28. The molecule has 2 heterocycles. The largest absolute Gasteiger partial charge is 0.249 e. The summed E-state index contributed by atoms with van der Waals surface area (Å²) in [5.41, 5.74) is 2.69. The van der Waals surface area contributed by atoms with E-state index in [1.54, 1.807) is 11.7 Å². The summed E-state index contributed by atoms with van der Waals surface area (Å²) >= 11 is 4.84. The van der Waals surface area contributed by atoms with Gasteiger partial charge in [0.05, 0.1) is 0 Å². The predicted octanol–water partition coefficient (Wildman–Crippen LogP) is 2.36. The van der Waals surface area contributed by atoms with Gasteiger partial charge in [-0.25, -0.2) is 4.98 Å². The predicted molar refractivity (Wildman–Crippen MR) is 50.8 cm³/mol. The number of rotatable bonds is 1. The third-order valence-corrected chi connectivity index (χ3v) is 2.71. The maximum Gasteiger partial charge on any atom is 0.150 e. The van der Waals surface area contributed by atoms with Gasteiger partial charge in [-0.15, -0.1) is 10.2 Å². The lowest BCUT2D eigenvalue weighted by Crippen LogP contribution is -1.81. The molecule has 0 radical (unpaired) electrons. The Hall–Kier alpha value is -0.810. The molecule has 0 fully saturated rings. The Morgan fingerprint density at radius 3 is 3.00 bits per heavy atom. The molecule has 0 bridgehead atoms. The van der Waals surface area contributed by atoms with Gasteiger partial charge in [0.2, 0.25) is 0 Å². The molecule has 60 valence electrons. The average Bonchev–Trinajstić information content (AvgIpc) is 2.57. The molecule has 0 aliphatic carbocycles. The monoisotopic (exact) mass is 241 g/mol. The summed E-state index contributed by atoms with van der Waals surface area (Å²) in [4.78, 5) is 4.09. The highest BCUT2D eigenvalue weighted by Gasteiger charge is 2.05. The van der Waals surface area contributed by atoms with E-state index in [-0.39, 0.29) is 0 Å². The second-order valence-corrected chi connectivity index (χ2v) is 3.67. The summed E-state index contributed by atoms with van der Waals surface area (Å²) in [5.74, 6) is 0. The number of nitrogens with zero attached hydrogens (tertiary/aromatic N) is 3. The third kappa shape index (κ3) is 1.37. The Labute approximate surface area is 81.6 Å². The Bertz CT molecular complexity index is 374. The number of aromatic nitrogens is 3. The van der Waals surface area contributed by atoms with Crippen LogP contribution in [0.15, 0.2) is 28.4 Å². The number of hydrogen-bond donors (Lipinski definition) is 0. The maximum absolute atomic E-state index is 4.09. The second-order valence-electron chi connectivity index (χ2n) is 2.09. The van der Waals surface area contributed by atoms with Crippen LogP contribution in [0.3, 0.4) is 0 Å². The van der Waals surface area contributed by atoms with Crippen LogP contribution in [-0.2, 0) is 0 Å². The molecule has 0 spiro atoms.